The van der Waals surface area contributed by atoms with Crippen molar-refractivity contribution in [2.45, 2.75) is 11.3 Å². The molecule has 0 saturated heterocycles. The normalized spacial score (nSPS) is 13.5. The zero-order valence-corrected chi connectivity index (χ0v) is 14.3. The van der Waals surface area contributed by atoms with E-state index >= 15 is 0 Å². The summed E-state index contributed by atoms with van der Waals surface area (Å²) >= 11 is 6.66. The van der Waals surface area contributed by atoms with Crippen molar-refractivity contribution in [3.8, 4) is 0 Å². The van der Waals surface area contributed by atoms with Gasteiger partial charge in [-0.05, 0) is 29.1 Å². The van der Waals surface area contributed by atoms with E-state index in [1.54, 1.807) is 36.0 Å². The molecule has 1 atom stereocenters. The summed E-state index contributed by atoms with van der Waals surface area (Å²) in [6.07, 6.45) is 5.45. The minimum Gasteiger partial charge on any atom is -0.465 e. The maximum absolute atomic E-state index is 11.6. The molecule has 0 spiro atoms. The molecule has 118 valence electrons. The summed E-state index contributed by atoms with van der Waals surface area (Å²) in [6.45, 7) is 0.647. The molecule has 0 amide bonds. The van der Waals surface area contributed by atoms with Gasteiger partial charge in [-0.3, -0.25) is 0 Å². The minimum absolute atomic E-state index is 0.341. The van der Waals surface area contributed by atoms with Crippen LogP contribution in [0.1, 0.15) is 20.8 Å². The minimum atomic E-state index is -0.497. The summed E-state index contributed by atoms with van der Waals surface area (Å²) < 4.78 is 6.26. The van der Waals surface area contributed by atoms with Gasteiger partial charge in [0.2, 0.25) is 0 Å². The van der Waals surface area contributed by atoms with Gasteiger partial charge in [0.15, 0.2) is 0 Å². The number of carbonyl (C=O) groups excluding carboxylic acids is 1. The topological polar surface area (TPSA) is 44.1 Å². The second kappa shape index (κ2) is 6.60. The number of esters is 1. The first-order chi connectivity index (χ1) is 11.1. The number of ether oxygens (including phenoxy) is 1. The highest BCUT2D eigenvalue weighted by Gasteiger charge is 2.32. The highest BCUT2D eigenvalue weighted by atomic mass is 32.1. The molecule has 2 aromatic heterocycles. The predicted molar refractivity (Wildman–Crippen MR) is 94.1 cm³/mol. The Balaban J connectivity index is 2.00. The Labute approximate surface area is 144 Å². The largest absolute Gasteiger partial charge is 0.465 e. The van der Waals surface area contributed by atoms with E-state index < -0.39 is 4.75 Å². The summed E-state index contributed by atoms with van der Waals surface area (Å²) in [7, 11) is 1.38. The van der Waals surface area contributed by atoms with Gasteiger partial charge in [0.05, 0.1) is 23.7 Å². The first-order valence-electron chi connectivity index (χ1n) is 7.04. The molecule has 3 rings (SSSR count). The number of aromatic nitrogens is 2. The van der Waals surface area contributed by atoms with E-state index in [0.29, 0.717) is 12.1 Å². The van der Waals surface area contributed by atoms with E-state index in [0.717, 1.165) is 10.4 Å². The average Bonchev–Trinajstić information content (AvgIpc) is 3.27. The van der Waals surface area contributed by atoms with Crippen LogP contribution in [0, 0.1) is 0 Å². The average molecular weight is 344 g/mol. The van der Waals surface area contributed by atoms with Gasteiger partial charge < -0.3 is 9.30 Å². The summed E-state index contributed by atoms with van der Waals surface area (Å²) in [5.41, 5.74) is 1.55. The highest BCUT2D eigenvalue weighted by Crippen LogP contribution is 2.40. The van der Waals surface area contributed by atoms with E-state index in [2.05, 4.69) is 11.1 Å². The van der Waals surface area contributed by atoms with Crippen LogP contribution in [0.3, 0.4) is 0 Å². The Kier molecular flexibility index (Phi) is 4.54. The molecule has 0 radical (unpaired) electrons. The van der Waals surface area contributed by atoms with Gasteiger partial charge in [0, 0.05) is 23.8 Å². The number of methoxy groups -OCH3 is 1. The van der Waals surface area contributed by atoms with E-state index in [-0.39, 0.29) is 5.97 Å². The van der Waals surface area contributed by atoms with Gasteiger partial charge >= 0.3 is 5.97 Å². The van der Waals surface area contributed by atoms with Gasteiger partial charge in [-0.25, -0.2) is 9.78 Å². The lowest BCUT2D eigenvalue weighted by atomic mass is 9.95. The van der Waals surface area contributed by atoms with Crippen molar-refractivity contribution in [3.63, 3.8) is 0 Å². The van der Waals surface area contributed by atoms with E-state index in [1.165, 1.54) is 7.11 Å². The van der Waals surface area contributed by atoms with Crippen molar-refractivity contribution in [2.75, 3.05) is 7.11 Å². The monoisotopic (exact) mass is 344 g/mol. The summed E-state index contributed by atoms with van der Waals surface area (Å²) in [6, 6.07) is 11.5. The number of hydrogen-bond donors (Lipinski definition) is 1. The first kappa shape index (κ1) is 15.8. The summed E-state index contributed by atoms with van der Waals surface area (Å²) in [5, 5.41) is 2.04. The number of thiol groups is 1. The fraction of sp³-hybridized carbons (Fsp3) is 0.176. The number of hydrogen-bond acceptors (Lipinski definition) is 5. The van der Waals surface area contributed by atoms with Gasteiger partial charge in [-0.15, -0.1) is 11.3 Å². The maximum atomic E-state index is 11.6. The molecule has 1 aromatic carbocycles. The second-order valence-electron chi connectivity index (χ2n) is 5.14. The molecule has 23 heavy (non-hydrogen) atoms. The molecular weight excluding hydrogens is 328 g/mol. The Hall–Kier alpha value is -2.05. The van der Waals surface area contributed by atoms with Crippen LogP contribution in [-0.4, -0.2) is 22.6 Å². The third-order valence-electron chi connectivity index (χ3n) is 3.68. The Morgan fingerprint density at radius 3 is 2.70 bits per heavy atom. The lowest BCUT2D eigenvalue weighted by molar-refractivity contribution is 0.0600. The molecule has 0 aliphatic carbocycles. The molecule has 0 bridgehead atoms. The molecule has 0 aliphatic heterocycles. The van der Waals surface area contributed by atoms with Crippen molar-refractivity contribution >= 4 is 29.9 Å². The lowest BCUT2D eigenvalue weighted by Crippen LogP contribution is -2.25. The van der Waals surface area contributed by atoms with Crippen molar-refractivity contribution in [1.82, 2.24) is 9.55 Å². The molecule has 0 aliphatic rings. The number of benzene rings is 1. The van der Waals surface area contributed by atoms with Crippen molar-refractivity contribution < 1.29 is 9.53 Å². The van der Waals surface area contributed by atoms with Crippen LogP contribution in [0.4, 0.5) is 0 Å². The predicted octanol–water partition coefficient (Wildman–Crippen LogP) is 3.60. The summed E-state index contributed by atoms with van der Waals surface area (Å²) in [5.74, 6) is -0.341. The van der Waals surface area contributed by atoms with Crippen molar-refractivity contribution in [2.24, 2.45) is 0 Å². The van der Waals surface area contributed by atoms with Gasteiger partial charge in [0.1, 0.15) is 0 Å². The Morgan fingerprint density at radius 1 is 1.35 bits per heavy atom. The van der Waals surface area contributed by atoms with E-state index in [4.69, 9.17) is 17.4 Å². The zero-order valence-electron chi connectivity index (χ0n) is 12.5. The van der Waals surface area contributed by atoms with Gasteiger partial charge in [-0.1, -0.05) is 18.2 Å². The Morgan fingerprint density at radius 2 is 2.13 bits per heavy atom. The molecule has 4 nitrogen and oxygen atoms in total. The molecule has 0 fully saturated rings. The van der Waals surface area contributed by atoms with Crippen LogP contribution < -0.4 is 0 Å². The van der Waals surface area contributed by atoms with E-state index in [1.807, 2.05) is 34.3 Å². The smallest absolute Gasteiger partial charge is 0.337 e. The number of thiophene rings is 1. The number of imidazole rings is 1. The van der Waals surface area contributed by atoms with Crippen LogP contribution in [0.2, 0.25) is 0 Å². The van der Waals surface area contributed by atoms with Gasteiger partial charge in [0.25, 0.3) is 0 Å². The molecular formula is C17H16N2O2S2. The molecule has 0 saturated carbocycles. The van der Waals surface area contributed by atoms with E-state index in [9.17, 15) is 4.79 Å². The van der Waals surface area contributed by atoms with Crippen molar-refractivity contribution in [3.05, 3.63) is 76.5 Å². The molecule has 3 aromatic rings. The van der Waals surface area contributed by atoms with Crippen LogP contribution >= 0.6 is 24.0 Å². The fourth-order valence-electron chi connectivity index (χ4n) is 2.47. The molecule has 0 N–H and O–H groups in total. The second-order valence-corrected chi connectivity index (χ2v) is 6.85. The molecule has 1 unspecified atom stereocenters. The lowest BCUT2D eigenvalue weighted by Gasteiger charge is -2.29. The number of carbonyl (C=O) groups is 1. The Bertz CT molecular complexity index is 768. The standard InChI is InChI=1S/C17H16N2O2S2/c1-21-16(20)13-4-6-14(7-5-13)17(22,15-3-2-10-23-15)11-19-9-8-18-12-19/h2-10,12,22H,11H2,1H3. The van der Waals surface area contributed by atoms with Crippen LogP contribution in [-0.2, 0) is 16.0 Å². The molecule has 6 heteroatoms. The zero-order chi connectivity index (χ0) is 16.3. The maximum Gasteiger partial charge on any atom is 0.337 e. The quantitative estimate of drug-likeness (QED) is 0.568. The SMILES string of the molecule is COC(=O)c1ccc(C(S)(Cn2ccnc2)c2cccs2)cc1. The number of nitrogens with zero attached hydrogens (tertiary/aromatic N) is 2. The fourth-order valence-corrected chi connectivity index (χ4v) is 3.85. The van der Waals surface area contributed by atoms with Crippen LogP contribution in [0.15, 0.2) is 60.5 Å². The highest BCUT2D eigenvalue weighted by molar-refractivity contribution is 7.81. The third kappa shape index (κ3) is 3.18. The number of rotatable bonds is 5. The summed E-state index contributed by atoms with van der Waals surface area (Å²) in [4.78, 5) is 16.8. The van der Waals surface area contributed by atoms with Gasteiger partial charge in [-0.2, -0.15) is 12.6 Å². The van der Waals surface area contributed by atoms with Crippen LogP contribution in [0.5, 0.6) is 0 Å². The molecule has 2 heterocycles. The van der Waals surface area contributed by atoms with Crippen LogP contribution in [0.25, 0.3) is 0 Å². The first-order valence-corrected chi connectivity index (χ1v) is 8.37. The van der Waals surface area contributed by atoms with Crippen molar-refractivity contribution in [1.29, 1.82) is 0 Å². The third-order valence-corrected chi connectivity index (χ3v) is 5.51.